The third-order valence-electron chi connectivity index (χ3n) is 4.87. The molecule has 0 saturated carbocycles. The van der Waals surface area contributed by atoms with Crippen molar-refractivity contribution in [2.24, 2.45) is 0 Å². The van der Waals surface area contributed by atoms with Crippen LogP contribution in [0, 0.1) is 0 Å². The minimum atomic E-state index is -0.278. The molecule has 0 radical (unpaired) electrons. The van der Waals surface area contributed by atoms with Crippen LogP contribution in [0.3, 0.4) is 0 Å². The van der Waals surface area contributed by atoms with Crippen LogP contribution in [0.1, 0.15) is 31.4 Å². The summed E-state index contributed by atoms with van der Waals surface area (Å²) in [6.07, 6.45) is 1.47. The maximum atomic E-state index is 12.3. The standard InChI is InChI=1S/C22H26N2O5/c1-15(19-13-18(27-2)10-11-20(19)28-3)23-21(25)14-29-17-8-6-16(7-9-17)24-12-4-5-22(24)26/h6-11,13,15H,4-5,12,14H2,1-3H3,(H,23,25)/t15-/m1/s1. The van der Waals surface area contributed by atoms with Crippen molar-refractivity contribution < 1.29 is 23.8 Å². The molecule has 7 nitrogen and oxygen atoms in total. The molecule has 0 bridgehead atoms. The zero-order valence-corrected chi connectivity index (χ0v) is 16.9. The first-order valence-corrected chi connectivity index (χ1v) is 9.56. The number of anilines is 1. The van der Waals surface area contributed by atoms with Crippen LogP contribution < -0.4 is 24.4 Å². The van der Waals surface area contributed by atoms with E-state index in [2.05, 4.69) is 5.32 Å². The van der Waals surface area contributed by atoms with Gasteiger partial charge < -0.3 is 24.4 Å². The summed E-state index contributed by atoms with van der Waals surface area (Å²) >= 11 is 0. The highest BCUT2D eigenvalue weighted by molar-refractivity contribution is 5.95. The number of carbonyl (C=O) groups is 2. The lowest BCUT2D eigenvalue weighted by Crippen LogP contribution is -2.31. The van der Waals surface area contributed by atoms with Gasteiger partial charge in [-0.15, -0.1) is 0 Å². The summed E-state index contributed by atoms with van der Waals surface area (Å²) in [5.74, 6) is 1.82. The first kappa shape index (κ1) is 20.5. The van der Waals surface area contributed by atoms with Gasteiger partial charge in [0.15, 0.2) is 6.61 Å². The fourth-order valence-electron chi connectivity index (χ4n) is 3.33. The van der Waals surface area contributed by atoms with E-state index in [-0.39, 0.29) is 24.5 Å². The molecule has 0 aromatic heterocycles. The average Bonchev–Trinajstić information content (AvgIpc) is 3.17. The minimum Gasteiger partial charge on any atom is -0.497 e. The van der Waals surface area contributed by atoms with Crippen molar-refractivity contribution in [3.63, 3.8) is 0 Å². The van der Waals surface area contributed by atoms with Crippen LogP contribution in [0.2, 0.25) is 0 Å². The lowest BCUT2D eigenvalue weighted by molar-refractivity contribution is -0.123. The maximum Gasteiger partial charge on any atom is 0.258 e. The lowest BCUT2D eigenvalue weighted by atomic mass is 10.1. The molecule has 1 aliphatic heterocycles. The summed E-state index contributed by atoms with van der Waals surface area (Å²) in [6.45, 7) is 2.50. The summed E-state index contributed by atoms with van der Waals surface area (Å²) in [4.78, 5) is 25.9. The monoisotopic (exact) mass is 398 g/mol. The van der Waals surface area contributed by atoms with Crippen molar-refractivity contribution in [1.82, 2.24) is 5.32 Å². The number of hydrogen-bond acceptors (Lipinski definition) is 5. The molecule has 0 aliphatic carbocycles. The van der Waals surface area contributed by atoms with Gasteiger partial charge >= 0.3 is 0 Å². The van der Waals surface area contributed by atoms with Crippen LogP contribution in [0.4, 0.5) is 5.69 Å². The summed E-state index contributed by atoms with van der Waals surface area (Å²) < 4.78 is 16.2. The zero-order chi connectivity index (χ0) is 20.8. The van der Waals surface area contributed by atoms with Gasteiger partial charge in [0.05, 0.1) is 20.3 Å². The Balaban J connectivity index is 1.55. The van der Waals surface area contributed by atoms with Crippen LogP contribution >= 0.6 is 0 Å². The predicted octanol–water partition coefficient (Wildman–Crippen LogP) is 3.09. The number of methoxy groups -OCH3 is 2. The molecular formula is C22H26N2O5. The summed E-state index contributed by atoms with van der Waals surface area (Å²) in [6, 6.07) is 12.4. The van der Waals surface area contributed by atoms with Gasteiger partial charge in [-0.05, 0) is 55.8 Å². The van der Waals surface area contributed by atoms with Gasteiger partial charge in [0, 0.05) is 24.2 Å². The molecule has 2 aromatic carbocycles. The van der Waals surface area contributed by atoms with Crippen molar-refractivity contribution in [3.8, 4) is 17.2 Å². The van der Waals surface area contributed by atoms with Crippen molar-refractivity contribution in [2.75, 3.05) is 32.3 Å². The summed E-state index contributed by atoms with van der Waals surface area (Å²) in [7, 11) is 3.18. The van der Waals surface area contributed by atoms with E-state index in [1.807, 2.05) is 25.1 Å². The second-order valence-corrected chi connectivity index (χ2v) is 6.83. The fraction of sp³-hybridized carbons (Fsp3) is 0.364. The Morgan fingerprint density at radius 2 is 1.83 bits per heavy atom. The van der Waals surface area contributed by atoms with Crippen molar-refractivity contribution in [1.29, 1.82) is 0 Å². The highest BCUT2D eigenvalue weighted by atomic mass is 16.5. The molecule has 2 aromatic rings. The average molecular weight is 398 g/mol. The van der Waals surface area contributed by atoms with Gasteiger partial charge in [-0.25, -0.2) is 0 Å². The number of nitrogens with one attached hydrogen (secondary N) is 1. The Kier molecular flexibility index (Phi) is 6.59. The van der Waals surface area contributed by atoms with Crippen molar-refractivity contribution in [3.05, 3.63) is 48.0 Å². The Bertz CT molecular complexity index is 866. The molecule has 1 fully saturated rings. The lowest BCUT2D eigenvalue weighted by Gasteiger charge is -2.19. The third-order valence-corrected chi connectivity index (χ3v) is 4.87. The molecule has 1 saturated heterocycles. The van der Waals surface area contributed by atoms with Crippen LogP contribution in [0.15, 0.2) is 42.5 Å². The Hall–Kier alpha value is -3.22. The van der Waals surface area contributed by atoms with Crippen LogP contribution in [0.5, 0.6) is 17.2 Å². The molecule has 7 heteroatoms. The van der Waals surface area contributed by atoms with Crippen LogP contribution in [-0.2, 0) is 9.59 Å². The second kappa shape index (κ2) is 9.32. The molecule has 3 rings (SSSR count). The smallest absolute Gasteiger partial charge is 0.258 e. The van der Waals surface area contributed by atoms with Crippen molar-refractivity contribution in [2.45, 2.75) is 25.8 Å². The molecule has 1 atom stereocenters. The Labute approximate surface area is 170 Å². The second-order valence-electron chi connectivity index (χ2n) is 6.83. The quantitative estimate of drug-likeness (QED) is 0.739. The van der Waals surface area contributed by atoms with Crippen LogP contribution in [0.25, 0.3) is 0 Å². The van der Waals surface area contributed by atoms with E-state index in [9.17, 15) is 9.59 Å². The van der Waals surface area contributed by atoms with E-state index in [1.54, 1.807) is 43.4 Å². The van der Waals surface area contributed by atoms with E-state index in [0.29, 0.717) is 23.7 Å². The Morgan fingerprint density at radius 1 is 1.10 bits per heavy atom. The largest absolute Gasteiger partial charge is 0.497 e. The molecule has 29 heavy (non-hydrogen) atoms. The van der Waals surface area contributed by atoms with E-state index in [1.165, 1.54) is 0 Å². The summed E-state index contributed by atoms with van der Waals surface area (Å²) in [5.41, 5.74) is 1.67. The number of amides is 2. The highest BCUT2D eigenvalue weighted by Gasteiger charge is 2.21. The highest BCUT2D eigenvalue weighted by Crippen LogP contribution is 2.29. The number of carbonyl (C=O) groups excluding carboxylic acids is 2. The predicted molar refractivity (Wildman–Crippen MR) is 110 cm³/mol. The van der Waals surface area contributed by atoms with Gasteiger partial charge in [0.1, 0.15) is 17.2 Å². The Morgan fingerprint density at radius 3 is 2.45 bits per heavy atom. The van der Waals surface area contributed by atoms with Gasteiger partial charge in [0.2, 0.25) is 5.91 Å². The normalized spacial score (nSPS) is 14.4. The summed E-state index contributed by atoms with van der Waals surface area (Å²) in [5, 5.41) is 2.90. The molecule has 1 N–H and O–H groups in total. The van der Waals surface area contributed by atoms with E-state index in [0.717, 1.165) is 24.2 Å². The van der Waals surface area contributed by atoms with Gasteiger partial charge in [-0.3, -0.25) is 9.59 Å². The maximum absolute atomic E-state index is 12.3. The third kappa shape index (κ3) is 4.99. The van der Waals surface area contributed by atoms with E-state index >= 15 is 0 Å². The fourth-order valence-corrected chi connectivity index (χ4v) is 3.33. The minimum absolute atomic E-state index is 0.112. The number of rotatable bonds is 8. The SMILES string of the molecule is COc1ccc(OC)c([C@@H](C)NC(=O)COc2ccc(N3CCCC3=O)cc2)c1. The first-order valence-electron chi connectivity index (χ1n) is 9.56. The number of ether oxygens (including phenoxy) is 3. The number of hydrogen-bond donors (Lipinski definition) is 1. The molecule has 154 valence electrons. The van der Waals surface area contributed by atoms with Crippen LogP contribution in [-0.4, -0.2) is 39.2 Å². The topological polar surface area (TPSA) is 77.1 Å². The zero-order valence-electron chi connectivity index (χ0n) is 16.9. The number of nitrogens with zero attached hydrogens (tertiary/aromatic N) is 1. The van der Waals surface area contributed by atoms with E-state index in [4.69, 9.17) is 14.2 Å². The number of benzene rings is 2. The molecule has 0 spiro atoms. The molecule has 1 heterocycles. The van der Waals surface area contributed by atoms with Gasteiger partial charge in [-0.2, -0.15) is 0 Å². The van der Waals surface area contributed by atoms with Gasteiger partial charge in [-0.1, -0.05) is 0 Å². The molecule has 0 unspecified atom stereocenters. The molecular weight excluding hydrogens is 372 g/mol. The molecule has 1 aliphatic rings. The van der Waals surface area contributed by atoms with Crippen molar-refractivity contribution >= 4 is 17.5 Å². The molecule has 2 amide bonds. The first-order chi connectivity index (χ1) is 14.0. The van der Waals surface area contributed by atoms with Gasteiger partial charge in [0.25, 0.3) is 5.91 Å². The van der Waals surface area contributed by atoms with E-state index < -0.39 is 0 Å².